The predicted octanol–water partition coefficient (Wildman–Crippen LogP) is 8.72. The molecule has 8 nitrogen and oxygen atoms in total. The Kier molecular flexibility index (Phi) is 13.0. The Balaban J connectivity index is 1.52. The number of fused-ring (bicyclic) bond motifs is 1. The van der Waals surface area contributed by atoms with Crippen molar-refractivity contribution in [2.24, 2.45) is 0 Å². The van der Waals surface area contributed by atoms with Crippen LogP contribution in [0.25, 0.3) is 6.08 Å². The van der Waals surface area contributed by atoms with Gasteiger partial charge in [-0.1, -0.05) is 64.7 Å². The first kappa shape index (κ1) is 39.8. The van der Waals surface area contributed by atoms with Gasteiger partial charge in [0.05, 0.1) is 6.61 Å². The molecule has 2 N–H and O–H groups in total. The van der Waals surface area contributed by atoms with Gasteiger partial charge in [-0.3, -0.25) is 9.69 Å². The SMILES string of the molecule is CCCCCCC=Cc1cc(C(O)(C(F)(F)F)C(F)(F)F)cc(CCC)c1OCCCCN1C(=O)NC(CC)(c2ccc3c(c2)OCCO3)C1=O. The van der Waals surface area contributed by atoms with Crippen LogP contribution in [0.15, 0.2) is 36.4 Å². The molecule has 1 saturated heterocycles. The molecule has 0 aliphatic carbocycles. The fourth-order valence-corrected chi connectivity index (χ4v) is 6.39. The van der Waals surface area contributed by atoms with Crippen LogP contribution in [0.5, 0.6) is 17.2 Å². The Morgan fingerprint density at radius 3 is 2.25 bits per heavy atom. The number of alkyl halides is 6. The number of benzene rings is 2. The number of allylic oxidation sites excluding steroid dienone is 1. The fraction of sp³-hybridized carbons (Fsp3) is 0.568. The maximum Gasteiger partial charge on any atom is 0.430 e. The molecule has 1 atom stereocenters. The first-order chi connectivity index (χ1) is 24.1. The van der Waals surface area contributed by atoms with Crippen molar-refractivity contribution in [3.63, 3.8) is 0 Å². The molecular formula is C37H46F6N2O6. The zero-order chi connectivity index (χ0) is 37.5. The number of rotatable bonds is 17. The third-order valence-corrected chi connectivity index (χ3v) is 9.24. The first-order valence-corrected chi connectivity index (χ1v) is 17.5. The molecule has 14 heteroatoms. The van der Waals surface area contributed by atoms with Crippen molar-refractivity contribution in [2.45, 2.75) is 108 Å². The molecule has 2 aromatic rings. The number of nitrogens with one attached hydrogen (secondary N) is 1. The molecule has 2 aliphatic heterocycles. The van der Waals surface area contributed by atoms with Crippen LogP contribution in [0.4, 0.5) is 31.1 Å². The summed E-state index contributed by atoms with van der Waals surface area (Å²) in [5.74, 6) is 0.716. The molecule has 3 amide bonds. The van der Waals surface area contributed by atoms with Crippen LogP contribution >= 0.6 is 0 Å². The summed E-state index contributed by atoms with van der Waals surface area (Å²) in [7, 11) is 0. The highest BCUT2D eigenvalue weighted by atomic mass is 19.4. The lowest BCUT2D eigenvalue weighted by Crippen LogP contribution is -2.54. The fourth-order valence-electron chi connectivity index (χ4n) is 6.39. The lowest BCUT2D eigenvalue weighted by Gasteiger charge is -2.33. The van der Waals surface area contributed by atoms with E-state index in [9.17, 15) is 41.0 Å². The quantitative estimate of drug-likeness (QED) is 0.0962. The lowest BCUT2D eigenvalue weighted by molar-refractivity contribution is -0.376. The van der Waals surface area contributed by atoms with Crippen molar-refractivity contribution < 1.29 is 55.2 Å². The molecule has 0 bridgehead atoms. The summed E-state index contributed by atoms with van der Waals surface area (Å²) in [5, 5.41) is 13.0. The van der Waals surface area contributed by atoms with E-state index in [0.29, 0.717) is 68.1 Å². The van der Waals surface area contributed by atoms with E-state index < -0.39 is 41.0 Å². The molecule has 0 radical (unpaired) electrons. The normalized spacial score (nSPS) is 18.1. The third-order valence-electron chi connectivity index (χ3n) is 9.24. The summed E-state index contributed by atoms with van der Waals surface area (Å²) in [6, 6.07) is 5.94. The van der Waals surface area contributed by atoms with Gasteiger partial charge in [-0.05, 0) is 73.9 Å². The van der Waals surface area contributed by atoms with Gasteiger partial charge < -0.3 is 24.6 Å². The Morgan fingerprint density at radius 1 is 0.902 bits per heavy atom. The number of aliphatic hydroxyl groups is 1. The van der Waals surface area contributed by atoms with E-state index in [1.165, 1.54) is 6.08 Å². The minimum absolute atomic E-state index is 0.000934. The Hall–Kier alpha value is -3.94. The number of nitrogens with zero attached hydrogens (tertiary/aromatic N) is 1. The van der Waals surface area contributed by atoms with Crippen molar-refractivity contribution in [1.29, 1.82) is 0 Å². The van der Waals surface area contributed by atoms with Crippen molar-refractivity contribution in [2.75, 3.05) is 26.4 Å². The van der Waals surface area contributed by atoms with Gasteiger partial charge in [0.15, 0.2) is 11.5 Å². The maximum absolute atomic E-state index is 13.9. The lowest BCUT2D eigenvalue weighted by atomic mass is 9.87. The molecule has 0 spiro atoms. The summed E-state index contributed by atoms with van der Waals surface area (Å²) >= 11 is 0. The highest BCUT2D eigenvalue weighted by molar-refractivity contribution is 6.07. The van der Waals surface area contributed by atoms with Crippen molar-refractivity contribution in [3.8, 4) is 17.2 Å². The summed E-state index contributed by atoms with van der Waals surface area (Å²) in [5.41, 5.74) is -7.08. The minimum Gasteiger partial charge on any atom is -0.493 e. The van der Waals surface area contributed by atoms with Crippen LogP contribution in [0.2, 0.25) is 0 Å². The smallest absolute Gasteiger partial charge is 0.430 e. The molecule has 0 saturated carbocycles. The molecule has 2 aliphatic rings. The molecular weight excluding hydrogens is 682 g/mol. The molecule has 0 aromatic heterocycles. The van der Waals surface area contributed by atoms with E-state index in [2.05, 4.69) is 5.32 Å². The van der Waals surface area contributed by atoms with Crippen LogP contribution in [0.3, 0.4) is 0 Å². The molecule has 2 heterocycles. The topological polar surface area (TPSA) is 97.3 Å². The summed E-state index contributed by atoms with van der Waals surface area (Å²) in [6.07, 6.45) is -3.35. The van der Waals surface area contributed by atoms with Crippen molar-refractivity contribution in [3.05, 3.63) is 58.7 Å². The first-order valence-electron chi connectivity index (χ1n) is 17.5. The van der Waals surface area contributed by atoms with Gasteiger partial charge in [-0.15, -0.1) is 0 Å². The van der Waals surface area contributed by atoms with Gasteiger partial charge in [-0.25, -0.2) is 4.79 Å². The average Bonchev–Trinajstić information content (AvgIpc) is 3.34. The van der Waals surface area contributed by atoms with E-state index in [1.807, 2.05) is 6.92 Å². The Morgan fingerprint density at radius 2 is 1.61 bits per heavy atom. The van der Waals surface area contributed by atoms with Crippen molar-refractivity contribution in [1.82, 2.24) is 10.2 Å². The van der Waals surface area contributed by atoms with E-state index in [1.54, 1.807) is 38.1 Å². The largest absolute Gasteiger partial charge is 0.493 e. The number of carbonyl (C=O) groups excluding carboxylic acids is 2. The molecule has 2 aromatic carbocycles. The molecule has 1 unspecified atom stereocenters. The van der Waals surface area contributed by atoms with Gasteiger partial charge in [0.25, 0.3) is 11.5 Å². The molecule has 1 fully saturated rings. The van der Waals surface area contributed by atoms with Gasteiger partial charge in [0, 0.05) is 17.7 Å². The van der Waals surface area contributed by atoms with Gasteiger partial charge >= 0.3 is 18.4 Å². The van der Waals surface area contributed by atoms with E-state index >= 15 is 0 Å². The number of halogens is 6. The molecule has 4 rings (SSSR count). The second-order valence-electron chi connectivity index (χ2n) is 12.8. The zero-order valence-corrected chi connectivity index (χ0v) is 29.1. The van der Waals surface area contributed by atoms with E-state index in [4.69, 9.17) is 14.2 Å². The number of amides is 3. The predicted molar refractivity (Wildman–Crippen MR) is 179 cm³/mol. The van der Waals surface area contributed by atoms with Gasteiger partial charge in [0.1, 0.15) is 24.5 Å². The number of urea groups is 1. The highest BCUT2D eigenvalue weighted by Gasteiger charge is 2.71. The van der Waals surface area contributed by atoms with Crippen molar-refractivity contribution >= 4 is 18.0 Å². The Bertz CT molecular complexity index is 1550. The number of carbonyl (C=O) groups is 2. The van der Waals surface area contributed by atoms with Crippen LogP contribution in [0.1, 0.15) is 101 Å². The summed E-state index contributed by atoms with van der Waals surface area (Å²) in [6.45, 7) is 6.36. The second kappa shape index (κ2) is 16.6. The standard InChI is InChI=1S/C37H46F6N2O6/c1-4-7-8-9-10-11-15-26-23-28(35(48,36(38,39)40)37(41,42)43)22-25(14-5-2)31(26)51-19-13-12-18-45-32(46)34(6-3,44-33(45)47)27-16-17-29-30(24-27)50-21-20-49-29/h11,15-17,22-24,48H,4-10,12-14,18-21H2,1-3H3,(H,44,47). The highest BCUT2D eigenvalue weighted by Crippen LogP contribution is 2.51. The number of aryl methyl sites for hydroxylation is 1. The molecule has 51 heavy (non-hydrogen) atoms. The summed E-state index contributed by atoms with van der Waals surface area (Å²) in [4.78, 5) is 27.8. The number of imide groups is 1. The molecule has 282 valence electrons. The van der Waals surface area contributed by atoms with Gasteiger partial charge in [-0.2, -0.15) is 26.3 Å². The Labute approximate surface area is 294 Å². The zero-order valence-electron chi connectivity index (χ0n) is 29.1. The van der Waals surface area contributed by atoms with E-state index in [-0.39, 0.29) is 42.9 Å². The van der Waals surface area contributed by atoms with E-state index in [0.717, 1.165) is 30.6 Å². The number of hydrogen-bond donors (Lipinski definition) is 2. The third kappa shape index (κ3) is 8.42. The number of unbranched alkanes of at least 4 members (excludes halogenated alkanes) is 5. The number of hydrogen-bond acceptors (Lipinski definition) is 6. The minimum atomic E-state index is -6.03. The average molecular weight is 729 g/mol. The number of ether oxygens (including phenoxy) is 3. The van der Waals surface area contributed by atoms with Crippen LogP contribution in [0, 0.1) is 0 Å². The van der Waals surface area contributed by atoms with Gasteiger partial charge in [0.2, 0.25) is 0 Å². The van der Waals surface area contributed by atoms with Crippen LogP contribution in [-0.4, -0.2) is 60.7 Å². The summed E-state index contributed by atoms with van der Waals surface area (Å²) < 4.78 is 101. The van der Waals surface area contributed by atoms with Crippen LogP contribution in [-0.2, 0) is 22.4 Å². The van der Waals surface area contributed by atoms with Crippen LogP contribution < -0.4 is 19.5 Å². The monoisotopic (exact) mass is 728 g/mol. The maximum atomic E-state index is 13.9. The second-order valence-corrected chi connectivity index (χ2v) is 12.8.